The molecule has 0 unspecified atom stereocenters. The molecule has 1 amide bonds. The molecule has 0 spiro atoms. The highest BCUT2D eigenvalue weighted by molar-refractivity contribution is 7.17. The lowest BCUT2D eigenvalue weighted by atomic mass is 10.1. The van der Waals surface area contributed by atoms with Crippen molar-refractivity contribution in [3.8, 4) is 10.6 Å². The van der Waals surface area contributed by atoms with E-state index in [0.717, 1.165) is 53.7 Å². The van der Waals surface area contributed by atoms with Crippen molar-refractivity contribution in [2.75, 3.05) is 54.4 Å². The largest absolute Gasteiger partial charge is 0.335 e. The van der Waals surface area contributed by atoms with E-state index < -0.39 is 0 Å². The molecule has 0 aliphatic carbocycles. The van der Waals surface area contributed by atoms with Crippen LogP contribution in [0.3, 0.4) is 0 Å². The number of rotatable bonds is 9. The van der Waals surface area contributed by atoms with Crippen molar-refractivity contribution in [3.05, 3.63) is 40.4 Å². The van der Waals surface area contributed by atoms with Gasteiger partial charge in [-0.2, -0.15) is 0 Å². The summed E-state index contributed by atoms with van der Waals surface area (Å²) in [5.41, 5.74) is 3.20. The minimum absolute atomic E-state index is 0.0881. The Balaban J connectivity index is 2.22. The zero-order valence-corrected chi connectivity index (χ0v) is 18.3. The molecule has 1 aromatic heterocycles. The molecule has 6 heteroatoms. The Kier molecular flexibility index (Phi) is 7.95. The number of carbonyl (C=O) groups excluding carboxylic acids is 1. The van der Waals surface area contributed by atoms with Gasteiger partial charge in [0.15, 0.2) is 0 Å². The molecule has 0 fully saturated rings. The standard InChI is InChI=1S/C21H32N4OS/c1-7-17-8-10-18(11-9-17)20-22-16(2)19(27-20)21(26)25(14-12-23(3)4)15-13-24(5)6/h8-11H,7,12-15H2,1-6H3. The summed E-state index contributed by atoms with van der Waals surface area (Å²) in [7, 11) is 8.13. The van der Waals surface area contributed by atoms with Gasteiger partial charge in [-0.3, -0.25) is 4.79 Å². The summed E-state index contributed by atoms with van der Waals surface area (Å²) in [4.78, 5) is 24.8. The Morgan fingerprint density at radius 3 is 2.00 bits per heavy atom. The Labute approximate surface area is 167 Å². The number of likely N-dealkylation sites (N-methyl/N-ethyl adjacent to an activating group) is 2. The van der Waals surface area contributed by atoms with Crippen LogP contribution in [0.25, 0.3) is 10.6 Å². The monoisotopic (exact) mass is 388 g/mol. The maximum Gasteiger partial charge on any atom is 0.265 e. The summed E-state index contributed by atoms with van der Waals surface area (Å²) in [6.45, 7) is 7.22. The summed E-state index contributed by atoms with van der Waals surface area (Å²) >= 11 is 1.50. The first kappa shape index (κ1) is 21.5. The lowest BCUT2D eigenvalue weighted by Crippen LogP contribution is -2.40. The molecular weight excluding hydrogens is 356 g/mol. The fraction of sp³-hybridized carbons (Fsp3) is 0.524. The van der Waals surface area contributed by atoms with Crippen molar-refractivity contribution in [2.45, 2.75) is 20.3 Å². The topological polar surface area (TPSA) is 39.7 Å². The summed E-state index contributed by atoms with van der Waals surface area (Å²) in [6, 6.07) is 8.46. The summed E-state index contributed by atoms with van der Waals surface area (Å²) < 4.78 is 0. The number of hydrogen-bond donors (Lipinski definition) is 0. The zero-order chi connectivity index (χ0) is 20.0. The first-order chi connectivity index (χ1) is 12.8. The van der Waals surface area contributed by atoms with E-state index in [-0.39, 0.29) is 5.91 Å². The first-order valence-electron chi connectivity index (χ1n) is 9.47. The highest BCUT2D eigenvalue weighted by Crippen LogP contribution is 2.29. The second-order valence-corrected chi connectivity index (χ2v) is 8.38. The van der Waals surface area contributed by atoms with Crippen LogP contribution in [0.1, 0.15) is 27.9 Å². The summed E-state index contributed by atoms with van der Waals surface area (Å²) in [6.07, 6.45) is 1.02. The molecular formula is C21H32N4OS. The smallest absolute Gasteiger partial charge is 0.265 e. The van der Waals surface area contributed by atoms with Gasteiger partial charge >= 0.3 is 0 Å². The minimum atomic E-state index is 0.0881. The van der Waals surface area contributed by atoms with Gasteiger partial charge < -0.3 is 14.7 Å². The van der Waals surface area contributed by atoms with Crippen molar-refractivity contribution in [1.82, 2.24) is 19.7 Å². The number of aryl methyl sites for hydroxylation is 2. The van der Waals surface area contributed by atoms with Gasteiger partial charge in [0, 0.05) is 31.7 Å². The van der Waals surface area contributed by atoms with Crippen molar-refractivity contribution >= 4 is 17.2 Å². The Morgan fingerprint density at radius 1 is 0.963 bits per heavy atom. The van der Waals surface area contributed by atoms with Crippen LogP contribution in [0.4, 0.5) is 0 Å². The van der Waals surface area contributed by atoms with E-state index in [0.29, 0.717) is 0 Å². The van der Waals surface area contributed by atoms with Crippen LogP contribution in [-0.2, 0) is 6.42 Å². The number of aromatic nitrogens is 1. The van der Waals surface area contributed by atoms with E-state index >= 15 is 0 Å². The average molecular weight is 389 g/mol. The highest BCUT2D eigenvalue weighted by atomic mass is 32.1. The van der Waals surface area contributed by atoms with E-state index in [1.807, 2.05) is 40.0 Å². The molecule has 0 aliphatic heterocycles. The molecule has 0 bridgehead atoms. The van der Waals surface area contributed by atoms with Crippen LogP contribution in [0.5, 0.6) is 0 Å². The van der Waals surface area contributed by atoms with E-state index in [4.69, 9.17) is 0 Å². The molecule has 0 N–H and O–H groups in total. The number of thiazole rings is 1. The fourth-order valence-electron chi connectivity index (χ4n) is 2.70. The first-order valence-corrected chi connectivity index (χ1v) is 10.3. The normalized spacial score (nSPS) is 11.4. The van der Waals surface area contributed by atoms with Gasteiger partial charge in [-0.25, -0.2) is 4.98 Å². The molecule has 2 aromatic rings. The van der Waals surface area contributed by atoms with Crippen LogP contribution in [0.2, 0.25) is 0 Å². The SMILES string of the molecule is CCc1ccc(-c2nc(C)c(C(=O)N(CCN(C)C)CCN(C)C)s2)cc1. The van der Waals surface area contributed by atoms with Gasteiger partial charge in [0.25, 0.3) is 5.91 Å². The molecule has 0 radical (unpaired) electrons. The number of nitrogens with zero attached hydrogens (tertiary/aromatic N) is 4. The quantitative estimate of drug-likeness (QED) is 0.661. The molecule has 1 heterocycles. The third-order valence-electron chi connectivity index (χ3n) is 4.52. The van der Waals surface area contributed by atoms with Gasteiger partial charge in [0.1, 0.15) is 9.88 Å². The van der Waals surface area contributed by atoms with Crippen LogP contribution in [0, 0.1) is 6.92 Å². The molecule has 2 rings (SSSR count). The Bertz CT molecular complexity index is 725. The third kappa shape index (κ3) is 6.13. The van der Waals surface area contributed by atoms with E-state index in [1.54, 1.807) is 0 Å². The highest BCUT2D eigenvalue weighted by Gasteiger charge is 2.22. The number of carbonyl (C=O) groups is 1. The van der Waals surface area contributed by atoms with E-state index in [1.165, 1.54) is 16.9 Å². The van der Waals surface area contributed by atoms with Crippen LogP contribution < -0.4 is 0 Å². The molecule has 5 nitrogen and oxygen atoms in total. The van der Waals surface area contributed by atoms with Gasteiger partial charge in [0.05, 0.1) is 5.69 Å². The Hall–Kier alpha value is -1.76. The maximum atomic E-state index is 13.2. The predicted molar refractivity (Wildman–Crippen MR) is 115 cm³/mol. The zero-order valence-electron chi connectivity index (χ0n) is 17.5. The van der Waals surface area contributed by atoms with Gasteiger partial charge in [-0.15, -0.1) is 11.3 Å². The van der Waals surface area contributed by atoms with Crippen molar-refractivity contribution < 1.29 is 4.79 Å². The van der Waals surface area contributed by atoms with Crippen molar-refractivity contribution in [2.24, 2.45) is 0 Å². The van der Waals surface area contributed by atoms with Crippen LogP contribution in [-0.4, -0.2) is 80.0 Å². The minimum Gasteiger partial charge on any atom is -0.335 e. The third-order valence-corrected chi connectivity index (χ3v) is 5.72. The maximum absolute atomic E-state index is 13.2. The van der Waals surface area contributed by atoms with E-state index in [2.05, 4.69) is 46.0 Å². The lowest BCUT2D eigenvalue weighted by Gasteiger charge is -2.25. The lowest BCUT2D eigenvalue weighted by molar-refractivity contribution is 0.0738. The molecule has 0 aliphatic rings. The molecule has 0 saturated carbocycles. The second kappa shape index (κ2) is 9.97. The predicted octanol–water partition coefficient (Wildman–Crippen LogP) is 3.25. The molecule has 148 valence electrons. The number of amides is 1. The number of hydrogen-bond acceptors (Lipinski definition) is 5. The average Bonchev–Trinajstić information content (AvgIpc) is 3.02. The molecule has 1 aromatic carbocycles. The van der Waals surface area contributed by atoms with Crippen LogP contribution >= 0.6 is 11.3 Å². The van der Waals surface area contributed by atoms with Gasteiger partial charge in [-0.1, -0.05) is 31.2 Å². The van der Waals surface area contributed by atoms with Crippen molar-refractivity contribution in [3.63, 3.8) is 0 Å². The van der Waals surface area contributed by atoms with Crippen LogP contribution in [0.15, 0.2) is 24.3 Å². The van der Waals surface area contributed by atoms with E-state index in [9.17, 15) is 4.79 Å². The second-order valence-electron chi connectivity index (χ2n) is 7.38. The molecule has 0 saturated heterocycles. The van der Waals surface area contributed by atoms with Crippen molar-refractivity contribution in [1.29, 1.82) is 0 Å². The molecule has 0 atom stereocenters. The summed E-state index contributed by atoms with van der Waals surface area (Å²) in [5.74, 6) is 0.0881. The van der Waals surface area contributed by atoms with Gasteiger partial charge in [-0.05, 0) is 47.1 Å². The van der Waals surface area contributed by atoms with Gasteiger partial charge in [0.2, 0.25) is 0 Å². The molecule has 27 heavy (non-hydrogen) atoms. The number of benzene rings is 1. The fourth-order valence-corrected chi connectivity index (χ4v) is 3.74. The summed E-state index contributed by atoms with van der Waals surface area (Å²) in [5, 5.41) is 0.915. The Morgan fingerprint density at radius 2 is 1.52 bits per heavy atom.